The summed E-state index contributed by atoms with van der Waals surface area (Å²) in [5.41, 5.74) is 1.14. The molecule has 0 aliphatic rings. The van der Waals surface area contributed by atoms with E-state index in [1.54, 1.807) is 6.92 Å². The first-order valence-electron chi connectivity index (χ1n) is 5.74. The van der Waals surface area contributed by atoms with Gasteiger partial charge in [-0.15, -0.1) is 0 Å². The zero-order valence-electron chi connectivity index (χ0n) is 10.6. The summed E-state index contributed by atoms with van der Waals surface area (Å²) in [7, 11) is -1.09. The standard InChI is InChI=1S/C12H18BrNO3S/c1-3-18(15,16)7-6-17-12-5-4-10(9-14-2)8-11(12)13/h4-5,8,14H,3,6-7,9H2,1-2H3. The number of ether oxygens (including phenoxy) is 1. The number of benzene rings is 1. The van der Waals surface area contributed by atoms with Crippen molar-refractivity contribution < 1.29 is 13.2 Å². The first-order valence-corrected chi connectivity index (χ1v) is 8.36. The van der Waals surface area contributed by atoms with Gasteiger partial charge in [0.15, 0.2) is 9.84 Å². The molecule has 0 spiro atoms. The first-order chi connectivity index (χ1) is 8.48. The van der Waals surface area contributed by atoms with Gasteiger partial charge in [-0.3, -0.25) is 0 Å². The van der Waals surface area contributed by atoms with Crippen LogP contribution in [0.1, 0.15) is 12.5 Å². The van der Waals surface area contributed by atoms with E-state index in [1.165, 1.54) is 0 Å². The fraction of sp³-hybridized carbons (Fsp3) is 0.500. The van der Waals surface area contributed by atoms with E-state index in [2.05, 4.69) is 21.2 Å². The Morgan fingerprint density at radius 2 is 2.11 bits per heavy atom. The second kappa shape index (κ2) is 7.11. The van der Waals surface area contributed by atoms with Gasteiger partial charge in [-0.05, 0) is 40.7 Å². The van der Waals surface area contributed by atoms with E-state index in [9.17, 15) is 8.42 Å². The topological polar surface area (TPSA) is 55.4 Å². The molecular weight excluding hydrogens is 318 g/mol. The van der Waals surface area contributed by atoms with Crippen LogP contribution in [-0.4, -0.2) is 33.6 Å². The Kier molecular flexibility index (Phi) is 6.11. The van der Waals surface area contributed by atoms with Crippen LogP contribution in [-0.2, 0) is 16.4 Å². The molecular formula is C12H18BrNO3S. The van der Waals surface area contributed by atoms with Crippen LogP contribution in [0.15, 0.2) is 22.7 Å². The molecule has 0 unspecified atom stereocenters. The fourth-order valence-electron chi connectivity index (χ4n) is 1.40. The van der Waals surface area contributed by atoms with Gasteiger partial charge in [0.05, 0.1) is 10.2 Å². The van der Waals surface area contributed by atoms with Gasteiger partial charge in [-0.25, -0.2) is 8.42 Å². The van der Waals surface area contributed by atoms with Gasteiger partial charge in [-0.2, -0.15) is 0 Å². The highest BCUT2D eigenvalue weighted by molar-refractivity contribution is 9.10. The quantitative estimate of drug-likeness (QED) is 0.827. The summed E-state index contributed by atoms with van der Waals surface area (Å²) in [6, 6.07) is 5.75. The number of rotatable bonds is 7. The molecule has 0 aliphatic carbocycles. The van der Waals surface area contributed by atoms with Crippen molar-refractivity contribution in [2.24, 2.45) is 0 Å². The highest BCUT2D eigenvalue weighted by Gasteiger charge is 2.08. The van der Waals surface area contributed by atoms with E-state index >= 15 is 0 Å². The van der Waals surface area contributed by atoms with Crippen molar-refractivity contribution in [1.29, 1.82) is 0 Å². The minimum atomic E-state index is -2.97. The minimum absolute atomic E-state index is 0.0498. The monoisotopic (exact) mass is 335 g/mol. The van der Waals surface area contributed by atoms with Crippen LogP contribution in [0.5, 0.6) is 5.75 Å². The van der Waals surface area contributed by atoms with Gasteiger partial charge in [0.1, 0.15) is 12.4 Å². The molecule has 0 saturated heterocycles. The normalized spacial score (nSPS) is 11.5. The molecule has 0 amide bonds. The molecule has 1 aromatic rings. The Hall–Kier alpha value is -0.590. The van der Waals surface area contributed by atoms with Gasteiger partial charge < -0.3 is 10.1 Å². The van der Waals surface area contributed by atoms with Crippen LogP contribution < -0.4 is 10.1 Å². The molecule has 0 radical (unpaired) electrons. The van der Waals surface area contributed by atoms with Crippen molar-refractivity contribution in [3.63, 3.8) is 0 Å². The van der Waals surface area contributed by atoms with Crippen molar-refractivity contribution in [2.75, 3.05) is 25.2 Å². The maximum absolute atomic E-state index is 11.3. The lowest BCUT2D eigenvalue weighted by molar-refractivity contribution is 0.338. The van der Waals surface area contributed by atoms with Crippen LogP contribution in [0.2, 0.25) is 0 Å². The zero-order valence-corrected chi connectivity index (χ0v) is 13.0. The summed E-state index contributed by atoms with van der Waals surface area (Å²) in [6.07, 6.45) is 0. The van der Waals surface area contributed by atoms with Gasteiger partial charge in [0.25, 0.3) is 0 Å². The van der Waals surface area contributed by atoms with Gasteiger partial charge in [0.2, 0.25) is 0 Å². The fourth-order valence-corrected chi connectivity index (χ4v) is 2.57. The van der Waals surface area contributed by atoms with Crippen molar-refractivity contribution in [2.45, 2.75) is 13.5 Å². The molecule has 0 saturated carbocycles. The summed E-state index contributed by atoms with van der Waals surface area (Å²) < 4.78 is 28.9. The van der Waals surface area contributed by atoms with Crippen LogP contribution in [0.3, 0.4) is 0 Å². The lowest BCUT2D eigenvalue weighted by Crippen LogP contribution is -2.15. The predicted molar refractivity (Wildman–Crippen MR) is 76.7 cm³/mol. The van der Waals surface area contributed by atoms with Crippen LogP contribution in [0.25, 0.3) is 0 Å². The summed E-state index contributed by atoms with van der Waals surface area (Å²) >= 11 is 3.41. The summed E-state index contributed by atoms with van der Waals surface area (Å²) in [5.74, 6) is 0.869. The van der Waals surface area contributed by atoms with Crippen molar-refractivity contribution in [3.8, 4) is 5.75 Å². The molecule has 1 rings (SSSR count). The molecule has 0 fully saturated rings. The van der Waals surface area contributed by atoms with Crippen molar-refractivity contribution in [3.05, 3.63) is 28.2 Å². The molecule has 6 heteroatoms. The molecule has 0 atom stereocenters. The Morgan fingerprint density at radius 1 is 1.39 bits per heavy atom. The van der Waals surface area contributed by atoms with E-state index in [0.717, 1.165) is 16.6 Å². The van der Waals surface area contributed by atoms with E-state index in [4.69, 9.17) is 4.74 Å². The highest BCUT2D eigenvalue weighted by atomic mass is 79.9. The molecule has 0 aliphatic heterocycles. The molecule has 1 aromatic carbocycles. The Bertz CT molecular complexity index is 488. The van der Waals surface area contributed by atoms with Crippen LogP contribution >= 0.6 is 15.9 Å². The molecule has 1 N–H and O–H groups in total. The average Bonchev–Trinajstić information content (AvgIpc) is 2.32. The van der Waals surface area contributed by atoms with E-state index in [0.29, 0.717) is 5.75 Å². The SMILES string of the molecule is CCS(=O)(=O)CCOc1ccc(CNC)cc1Br. The van der Waals surface area contributed by atoms with E-state index in [1.807, 2.05) is 25.2 Å². The largest absolute Gasteiger partial charge is 0.491 e. The Morgan fingerprint density at radius 3 is 2.67 bits per heavy atom. The Labute approximate surface area is 117 Å². The van der Waals surface area contributed by atoms with Gasteiger partial charge in [-0.1, -0.05) is 13.0 Å². The predicted octanol–water partition coefficient (Wildman–Crippen LogP) is 1.98. The number of hydrogen-bond acceptors (Lipinski definition) is 4. The lowest BCUT2D eigenvalue weighted by atomic mass is 10.2. The first kappa shape index (κ1) is 15.5. The molecule has 4 nitrogen and oxygen atoms in total. The molecule has 0 bridgehead atoms. The molecule has 18 heavy (non-hydrogen) atoms. The molecule has 0 heterocycles. The third-order valence-corrected chi connectivity index (χ3v) is 4.76. The highest BCUT2D eigenvalue weighted by Crippen LogP contribution is 2.26. The smallest absolute Gasteiger partial charge is 0.153 e. The lowest BCUT2D eigenvalue weighted by Gasteiger charge is -2.09. The summed E-state index contributed by atoms with van der Waals surface area (Å²) in [5, 5.41) is 3.06. The maximum atomic E-state index is 11.3. The number of halogens is 1. The molecule has 0 aromatic heterocycles. The number of sulfone groups is 1. The van der Waals surface area contributed by atoms with Crippen molar-refractivity contribution in [1.82, 2.24) is 5.32 Å². The maximum Gasteiger partial charge on any atom is 0.153 e. The summed E-state index contributed by atoms with van der Waals surface area (Å²) in [6.45, 7) is 2.60. The van der Waals surface area contributed by atoms with Crippen molar-refractivity contribution >= 4 is 25.8 Å². The van der Waals surface area contributed by atoms with E-state index in [-0.39, 0.29) is 18.1 Å². The third-order valence-electron chi connectivity index (χ3n) is 2.47. The zero-order chi connectivity index (χ0) is 13.6. The van der Waals surface area contributed by atoms with Gasteiger partial charge in [0, 0.05) is 12.3 Å². The minimum Gasteiger partial charge on any atom is -0.491 e. The number of nitrogens with one attached hydrogen (secondary N) is 1. The second-order valence-corrected chi connectivity index (χ2v) is 7.21. The van der Waals surface area contributed by atoms with Gasteiger partial charge >= 0.3 is 0 Å². The Balaban J connectivity index is 2.58. The average molecular weight is 336 g/mol. The van der Waals surface area contributed by atoms with Crippen LogP contribution in [0.4, 0.5) is 0 Å². The van der Waals surface area contributed by atoms with Crippen LogP contribution in [0, 0.1) is 0 Å². The second-order valence-electron chi connectivity index (χ2n) is 3.88. The van der Waals surface area contributed by atoms with E-state index < -0.39 is 9.84 Å². The summed E-state index contributed by atoms with van der Waals surface area (Å²) in [4.78, 5) is 0. The third kappa shape index (κ3) is 4.96. The number of hydrogen-bond donors (Lipinski definition) is 1. The molecule has 102 valence electrons.